The molecule has 1 rings (SSSR count). The van der Waals surface area contributed by atoms with E-state index in [-0.39, 0.29) is 0 Å². The number of benzene rings is 1. The minimum absolute atomic E-state index is 0.578. The second-order valence-corrected chi connectivity index (χ2v) is 3.38. The van der Waals surface area contributed by atoms with Crippen molar-refractivity contribution >= 4 is 5.69 Å². The van der Waals surface area contributed by atoms with Gasteiger partial charge < -0.3 is 15.2 Å². The third kappa shape index (κ3) is 2.86. The summed E-state index contributed by atoms with van der Waals surface area (Å²) in [7, 11) is 1.68. The fourth-order valence-corrected chi connectivity index (χ4v) is 1.70. The summed E-state index contributed by atoms with van der Waals surface area (Å²) in [5, 5.41) is 0. The van der Waals surface area contributed by atoms with Crippen LogP contribution in [0.5, 0.6) is 5.75 Å². The topological polar surface area (TPSA) is 44.5 Å². The van der Waals surface area contributed by atoms with Crippen LogP contribution in [0.25, 0.3) is 0 Å². The first kappa shape index (κ1) is 11.9. The average Bonchev–Trinajstić information content (AvgIpc) is 2.18. The standard InChI is InChI=1S/C12H19NO2/c1-4-11-9(8-14-3)6-10(13)7-12(11)15-5-2/h6-7H,4-5,8,13H2,1-3H3. The highest BCUT2D eigenvalue weighted by Crippen LogP contribution is 2.27. The molecule has 0 aliphatic heterocycles. The van der Waals surface area contributed by atoms with Crippen LogP contribution in [-0.2, 0) is 17.8 Å². The van der Waals surface area contributed by atoms with Crippen LogP contribution in [0.2, 0.25) is 0 Å². The van der Waals surface area contributed by atoms with Gasteiger partial charge in [0.25, 0.3) is 0 Å². The molecule has 0 atom stereocenters. The van der Waals surface area contributed by atoms with Crippen molar-refractivity contribution in [3.63, 3.8) is 0 Å². The van der Waals surface area contributed by atoms with E-state index in [2.05, 4.69) is 6.92 Å². The highest BCUT2D eigenvalue weighted by Gasteiger charge is 2.09. The lowest BCUT2D eigenvalue weighted by Crippen LogP contribution is -2.03. The molecule has 15 heavy (non-hydrogen) atoms. The third-order valence-electron chi connectivity index (χ3n) is 2.28. The maximum Gasteiger partial charge on any atom is 0.124 e. The Morgan fingerprint density at radius 1 is 1.27 bits per heavy atom. The molecule has 0 saturated heterocycles. The molecule has 84 valence electrons. The molecule has 0 radical (unpaired) electrons. The van der Waals surface area contributed by atoms with Crippen LogP contribution < -0.4 is 10.5 Å². The summed E-state index contributed by atoms with van der Waals surface area (Å²) in [5.74, 6) is 0.882. The molecule has 0 heterocycles. The summed E-state index contributed by atoms with van der Waals surface area (Å²) < 4.78 is 10.7. The molecule has 0 spiro atoms. The molecule has 0 bridgehead atoms. The van der Waals surface area contributed by atoms with E-state index in [9.17, 15) is 0 Å². The zero-order valence-electron chi connectivity index (χ0n) is 9.67. The summed E-state index contributed by atoms with van der Waals surface area (Å²) in [5.41, 5.74) is 8.83. The van der Waals surface area contributed by atoms with Gasteiger partial charge in [-0.1, -0.05) is 6.92 Å². The molecule has 0 aliphatic rings. The maximum atomic E-state index is 5.81. The molecule has 0 aromatic heterocycles. The molecule has 3 nitrogen and oxygen atoms in total. The molecule has 0 saturated carbocycles. The van der Waals surface area contributed by atoms with Gasteiger partial charge >= 0.3 is 0 Å². The summed E-state index contributed by atoms with van der Waals surface area (Å²) >= 11 is 0. The first-order chi connectivity index (χ1) is 7.22. The number of rotatable bonds is 5. The molecular weight excluding hydrogens is 190 g/mol. The SMILES string of the molecule is CCOc1cc(N)cc(COC)c1CC. The van der Waals surface area contributed by atoms with Gasteiger partial charge in [-0.3, -0.25) is 0 Å². The Bertz CT molecular complexity index is 296. The first-order valence-corrected chi connectivity index (χ1v) is 5.25. The van der Waals surface area contributed by atoms with E-state index in [0.29, 0.717) is 13.2 Å². The highest BCUT2D eigenvalue weighted by atomic mass is 16.5. The van der Waals surface area contributed by atoms with Crippen molar-refractivity contribution in [2.24, 2.45) is 0 Å². The Morgan fingerprint density at radius 3 is 2.53 bits per heavy atom. The second-order valence-electron chi connectivity index (χ2n) is 3.38. The van der Waals surface area contributed by atoms with E-state index in [1.165, 1.54) is 5.56 Å². The predicted octanol–water partition coefficient (Wildman–Crippen LogP) is 2.38. The lowest BCUT2D eigenvalue weighted by atomic mass is 10.0. The smallest absolute Gasteiger partial charge is 0.124 e. The van der Waals surface area contributed by atoms with E-state index in [1.54, 1.807) is 7.11 Å². The highest BCUT2D eigenvalue weighted by molar-refractivity contribution is 5.53. The number of ether oxygens (including phenoxy) is 2. The van der Waals surface area contributed by atoms with Crippen LogP contribution in [0.1, 0.15) is 25.0 Å². The molecule has 0 aliphatic carbocycles. The third-order valence-corrected chi connectivity index (χ3v) is 2.28. The zero-order valence-corrected chi connectivity index (χ0v) is 9.67. The van der Waals surface area contributed by atoms with Crippen LogP contribution >= 0.6 is 0 Å². The van der Waals surface area contributed by atoms with Crippen LogP contribution in [0, 0.1) is 0 Å². The molecule has 1 aromatic carbocycles. The van der Waals surface area contributed by atoms with Gasteiger partial charge in [0.2, 0.25) is 0 Å². The van der Waals surface area contributed by atoms with E-state index in [1.807, 2.05) is 19.1 Å². The minimum Gasteiger partial charge on any atom is -0.494 e. The van der Waals surface area contributed by atoms with Crippen LogP contribution in [0.3, 0.4) is 0 Å². The number of hydrogen-bond acceptors (Lipinski definition) is 3. The Morgan fingerprint density at radius 2 is 2.00 bits per heavy atom. The van der Waals surface area contributed by atoms with Crippen molar-refractivity contribution < 1.29 is 9.47 Å². The Labute approximate surface area is 91.2 Å². The average molecular weight is 209 g/mol. The molecule has 0 amide bonds. The first-order valence-electron chi connectivity index (χ1n) is 5.25. The number of hydrogen-bond donors (Lipinski definition) is 1. The number of nitrogens with two attached hydrogens (primary N) is 1. The Kier molecular flexibility index (Phi) is 4.43. The van der Waals surface area contributed by atoms with Crippen molar-refractivity contribution in [1.82, 2.24) is 0 Å². The van der Waals surface area contributed by atoms with Gasteiger partial charge in [-0.2, -0.15) is 0 Å². The molecule has 2 N–H and O–H groups in total. The van der Waals surface area contributed by atoms with E-state index in [0.717, 1.165) is 23.4 Å². The van der Waals surface area contributed by atoms with Crippen LogP contribution in [0.15, 0.2) is 12.1 Å². The quantitative estimate of drug-likeness (QED) is 0.757. The zero-order chi connectivity index (χ0) is 11.3. The molecule has 0 unspecified atom stereocenters. The minimum atomic E-state index is 0.578. The molecular formula is C12H19NO2. The lowest BCUT2D eigenvalue weighted by molar-refractivity contribution is 0.183. The van der Waals surface area contributed by atoms with Gasteiger partial charge in [0.15, 0.2) is 0 Å². The van der Waals surface area contributed by atoms with Gasteiger partial charge in [-0.25, -0.2) is 0 Å². The number of nitrogen functional groups attached to an aromatic ring is 1. The normalized spacial score (nSPS) is 10.3. The number of methoxy groups -OCH3 is 1. The predicted molar refractivity (Wildman–Crippen MR) is 62.1 cm³/mol. The Balaban J connectivity index is 3.12. The fraction of sp³-hybridized carbons (Fsp3) is 0.500. The second kappa shape index (κ2) is 5.61. The summed E-state index contributed by atoms with van der Waals surface area (Å²) in [6.07, 6.45) is 0.925. The number of anilines is 1. The maximum absolute atomic E-state index is 5.81. The summed E-state index contributed by atoms with van der Waals surface area (Å²) in [6.45, 7) is 5.31. The summed E-state index contributed by atoms with van der Waals surface area (Å²) in [4.78, 5) is 0. The van der Waals surface area contributed by atoms with E-state index in [4.69, 9.17) is 15.2 Å². The van der Waals surface area contributed by atoms with Crippen molar-refractivity contribution in [1.29, 1.82) is 0 Å². The molecule has 1 aromatic rings. The summed E-state index contributed by atoms with van der Waals surface area (Å²) in [6, 6.07) is 3.83. The van der Waals surface area contributed by atoms with Crippen molar-refractivity contribution in [2.75, 3.05) is 19.5 Å². The van der Waals surface area contributed by atoms with Gasteiger partial charge in [-0.15, -0.1) is 0 Å². The monoisotopic (exact) mass is 209 g/mol. The van der Waals surface area contributed by atoms with Crippen molar-refractivity contribution in [3.8, 4) is 5.75 Å². The largest absolute Gasteiger partial charge is 0.494 e. The Hall–Kier alpha value is -1.22. The van der Waals surface area contributed by atoms with Crippen molar-refractivity contribution in [3.05, 3.63) is 23.3 Å². The van der Waals surface area contributed by atoms with E-state index < -0.39 is 0 Å². The molecule has 3 heteroatoms. The van der Waals surface area contributed by atoms with Crippen LogP contribution in [-0.4, -0.2) is 13.7 Å². The van der Waals surface area contributed by atoms with E-state index >= 15 is 0 Å². The lowest BCUT2D eigenvalue weighted by Gasteiger charge is -2.14. The van der Waals surface area contributed by atoms with Gasteiger partial charge in [0, 0.05) is 18.9 Å². The van der Waals surface area contributed by atoms with Crippen LogP contribution in [0.4, 0.5) is 5.69 Å². The fourth-order valence-electron chi connectivity index (χ4n) is 1.70. The van der Waals surface area contributed by atoms with Gasteiger partial charge in [-0.05, 0) is 30.5 Å². The van der Waals surface area contributed by atoms with Crippen molar-refractivity contribution in [2.45, 2.75) is 26.9 Å². The molecule has 0 fully saturated rings. The van der Waals surface area contributed by atoms with Gasteiger partial charge in [0.1, 0.15) is 5.75 Å². The van der Waals surface area contributed by atoms with Gasteiger partial charge in [0.05, 0.1) is 13.2 Å².